The maximum absolute atomic E-state index is 12.6. The fraction of sp³-hybridized carbons (Fsp3) is 0.263. The van der Waals surface area contributed by atoms with Crippen molar-refractivity contribution in [2.45, 2.75) is 19.8 Å². The number of dihydropyridines is 1. The first kappa shape index (κ1) is 21.1. The number of aromatic nitrogens is 1. The molecule has 2 aromatic heterocycles. The molecule has 0 radical (unpaired) electrons. The second kappa shape index (κ2) is 9.73. The van der Waals surface area contributed by atoms with Crippen molar-refractivity contribution in [2.75, 3.05) is 17.7 Å². The number of anilines is 1. The van der Waals surface area contributed by atoms with E-state index < -0.39 is 11.9 Å². The summed E-state index contributed by atoms with van der Waals surface area (Å²) in [6, 6.07) is 6.00. The molecule has 0 aliphatic carbocycles. The van der Waals surface area contributed by atoms with Gasteiger partial charge in [-0.05, 0) is 25.3 Å². The Labute approximate surface area is 180 Å². The van der Waals surface area contributed by atoms with Crippen molar-refractivity contribution in [3.63, 3.8) is 0 Å². The largest absolute Gasteiger partial charge is 0.463 e. The van der Waals surface area contributed by atoms with E-state index in [0.29, 0.717) is 27.0 Å². The molecule has 7 nitrogen and oxygen atoms in total. The van der Waals surface area contributed by atoms with Crippen LogP contribution >= 0.6 is 34.4 Å². The zero-order valence-electron chi connectivity index (χ0n) is 15.7. The van der Waals surface area contributed by atoms with Crippen molar-refractivity contribution in [1.29, 1.82) is 5.26 Å². The van der Waals surface area contributed by atoms with Crippen molar-refractivity contribution in [3.05, 3.63) is 55.8 Å². The summed E-state index contributed by atoms with van der Waals surface area (Å²) in [7, 11) is 0. The third-order valence-corrected chi connectivity index (χ3v) is 6.64. The topological polar surface area (TPSA) is 104 Å². The molecule has 10 heteroatoms. The van der Waals surface area contributed by atoms with Gasteiger partial charge in [0, 0.05) is 22.2 Å². The highest BCUT2D eigenvalue weighted by molar-refractivity contribution is 8.03. The first-order valence-corrected chi connectivity index (χ1v) is 11.4. The lowest BCUT2D eigenvalue weighted by Crippen LogP contribution is -2.29. The molecule has 1 aliphatic rings. The van der Waals surface area contributed by atoms with Crippen LogP contribution < -0.4 is 10.6 Å². The number of nitrogens with one attached hydrogen (secondary N) is 2. The quantitative estimate of drug-likeness (QED) is 0.623. The van der Waals surface area contributed by atoms with Gasteiger partial charge in [-0.25, -0.2) is 9.78 Å². The van der Waals surface area contributed by atoms with E-state index in [1.165, 1.54) is 34.4 Å². The highest BCUT2D eigenvalue weighted by atomic mass is 32.2. The van der Waals surface area contributed by atoms with Crippen molar-refractivity contribution < 1.29 is 14.3 Å². The average Bonchev–Trinajstić information content (AvgIpc) is 3.40. The highest BCUT2D eigenvalue weighted by Crippen LogP contribution is 2.42. The highest BCUT2D eigenvalue weighted by Gasteiger charge is 2.36. The smallest absolute Gasteiger partial charge is 0.336 e. The summed E-state index contributed by atoms with van der Waals surface area (Å²) in [4.78, 5) is 29.7. The van der Waals surface area contributed by atoms with E-state index >= 15 is 0 Å². The molecule has 150 valence electrons. The molecule has 3 heterocycles. The first-order valence-electron chi connectivity index (χ1n) is 8.69. The number of hydrogen-bond acceptors (Lipinski definition) is 9. The van der Waals surface area contributed by atoms with E-state index in [0.717, 1.165) is 4.88 Å². The minimum Gasteiger partial charge on any atom is -0.463 e. The predicted molar refractivity (Wildman–Crippen MR) is 115 cm³/mol. The molecule has 1 aliphatic heterocycles. The van der Waals surface area contributed by atoms with Crippen LogP contribution in [0.25, 0.3) is 0 Å². The fourth-order valence-corrected chi connectivity index (χ4v) is 5.10. The Morgan fingerprint density at radius 1 is 1.41 bits per heavy atom. The third-order valence-electron chi connectivity index (χ3n) is 4.00. The molecular weight excluding hydrogens is 428 g/mol. The summed E-state index contributed by atoms with van der Waals surface area (Å²) in [5.41, 5.74) is 1.43. The van der Waals surface area contributed by atoms with Crippen LogP contribution in [0.5, 0.6) is 0 Å². The minimum absolute atomic E-state index is 0.103. The van der Waals surface area contributed by atoms with E-state index in [-0.39, 0.29) is 18.3 Å². The predicted octanol–water partition coefficient (Wildman–Crippen LogP) is 3.84. The van der Waals surface area contributed by atoms with Gasteiger partial charge in [-0.3, -0.25) is 4.79 Å². The standard InChI is InChI=1S/C19H18N4O3S3/c1-3-26-18(25)15-11(2)22-17(12(9-20)16(15)13-5-4-7-27-13)29-10-14(24)23-19-21-6-8-28-19/h4-8,16,22H,3,10H2,1-2H3,(H,21,23,24). The second-order valence-corrected chi connectivity index (χ2v) is 8.72. The Bertz CT molecular complexity index is 989. The van der Waals surface area contributed by atoms with Crippen LogP contribution in [-0.4, -0.2) is 29.2 Å². The number of nitrogens with zero attached hydrogens (tertiary/aromatic N) is 2. The lowest BCUT2D eigenvalue weighted by molar-refractivity contribution is -0.138. The Hall–Kier alpha value is -2.61. The van der Waals surface area contributed by atoms with E-state index in [1.54, 1.807) is 25.4 Å². The molecule has 2 aromatic rings. The van der Waals surface area contributed by atoms with Crippen LogP contribution in [0.15, 0.2) is 51.0 Å². The van der Waals surface area contributed by atoms with Crippen molar-refractivity contribution in [2.24, 2.45) is 0 Å². The molecule has 1 atom stereocenters. The summed E-state index contributed by atoms with van der Waals surface area (Å²) in [5, 5.41) is 20.5. The number of rotatable bonds is 7. The maximum Gasteiger partial charge on any atom is 0.336 e. The summed E-state index contributed by atoms with van der Waals surface area (Å²) in [5.74, 6) is -1.09. The molecule has 1 unspecified atom stereocenters. The van der Waals surface area contributed by atoms with Crippen LogP contribution in [0.1, 0.15) is 24.6 Å². The van der Waals surface area contributed by atoms with Crippen LogP contribution in [0.3, 0.4) is 0 Å². The van der Waals surface area contributed by atoms with Crippen molar-refractivity contribution >= 4 is 51.4 Å². The van der Waals surface area contributed by atoms with Gasteiger partial charge < -0.3 is 15.4 Å². The van der Waals surface area contributed by atoms with Crippen molar-refractivity contribution in [1.82, 2.24) is 10.3 Å². The molecule has 1 amide bonds. The summed E-state index contributed by atoms with van der Waals surface area (Å²) in [6.07, 6.45) is 1.61. The molecule has 0 aromatic carbocycles. The fourth-order valence-electron chi connectivity index (χ4n) is 2.82. The number of thiazole rings is 1. The second-order valence-electron chi connectivity index (χ2n) is 5.86. The van der Waals surface area contributed by atoms with Gasteiger partial charge in [-0.15, -0.1) is 22.7 Å². The van der Waals surface area contributed by atoms with Crippen LogP contribution in [0.2, 0.25) is 0 Å². The number of thioether (sulfide) groups is 1. The molecule has 3 rings (SSSR count). The Morgan fingerprint density at radius 2 is 2.24 bits per heavy atom. The van der Waals surface area contributed by atoms with Gasteiger partial charge in [0.15, 0.2) is 5.13 Å². The normalized spacial score (nSPS) is 16.2. The number of hydrogen-bond donors (Lipinski definition) is 2. The lowest BCUT2D eigenvalue weighted by atomic mass is 9.87. The maximum atomic E-state index is 12.6. The van der Waals surface area contributed by atoms with Gasteiger partial charge >= 0.3 is 5.97 Å². The Morgan fingerprint density at radius 3 is 2.86 bits per heavy atom. The molecule has 0 saturated carbocycles. The molecule has 0 spiro atoms. The van der Waals surface area contributed by atoms with E-state index in [2.05, 4.69) is 21.7 Å². The van der Waals surface area contributed by atoms with E-state index in [9.17, 15) is 14.9 Å². The van der Waals surface area contributed by atoms with Gasteiger partial charge in [0.25, 0.3) is 0 Å². The van der Waals surface area contributed by atoms with Gasteiger partial charge in [0.1, 0.15) is 0 Å². The number of amides is 1. The number of thiophene rings is 1. The Balaban J connectivity index is 1.86. The van der Waals surface area contributed by atoms with Gasteiger partial charge in [-0.2, -0.15) is 5.26 Å². The molecule has 29 heavy (non-hydrogen) atoms. The van der Waals surface area contributed by atoms with Crippen LogP contribution in [0, 0.1) is 11.3 Å². The zero-order chi connectivity index (χ0) is 20.8. The number of allylic oxidation sites excluding steroid dienone is 2. The molecule has 2 N–H and O–H groups in total. The average molecular weight is 447 g/mol. The molecule has 0 fully saturated rings. The van der Waals surface area contributed by atoms with Crippen molar-refractivity contribution in [3.8, 4) is 6.07 Å². The molecule has 0 saturated heterocycles. The number of carbonyl (C=O) groups excluding carboxylic acids is 2. The van der Waals surface area contributed by atoms with Crippen LogP contribution in [-0.2, 0) is 14.3 Å². The Kier molecular flexibility index (Phi) is 7.09. The molecular formula is C19H18N4O3S3. The number of ether oxygens (including phenoxy) is 1. The van der Waals surface area contributed by atoms with Crippen LogP contribution in [0.4, 0.5) is 5.13 Å². The number of carbonyl (C=O) groups is 2. The summed E-state index contributed by atoms with van der Waals surface area (Å²) >= 11 is 4.02. The SMILES string of the molecule is CCOC(=O)C1=C(C)NC(SCC(=O)Nc2nccs2)=C(C#N)C1c1cccs1. The summed E-state index contributed by atoms with van der Waals surface area (Å²) < 4.78 is 5.22. The van der Waals surface area contributed by atoms with E-state index in [4.69, 9.17) is 4.74 Å². The number of nitriles is 1. The van der Waals surface area contributed by atoms with Gasteiger partial charge in [0.2, 0.25) is 5.91 Å². The monoisotopic (exact) mass is 446 g/mol. The third kappa shape index (κ3) is 4.87. The van der Waals surface area contributed by atoms with Gasteiger partial charge in [-0.1, -0.05) is 17.8 Å². The van der Waals surface area contributed by atoms with Gasteiger partial charge in [0.05, 0.1) is 40.5 Å². The minimum atomic E-state index is -0.523. The zero-order valence-corrected chi connectivity index (χ0v) is 18.2. The molecule has 0 bridgehead atoms. The lowest BCUT2D eigenvalue weighted by Gasteiger charge is -2.28. The number of esters is 1. The van der Waals surface area contributed by atoms with E-state index in [1.807, 2.05) is 17.5 Å². The summed E-state index contributed by atoms with van der Waals surface area (Å²) in [6.45, 7) is 3.77. The first-order chi connectivity index (χ1) is 14.0.